The van der Waals surface area contributed by atoms with Crippen LogP contribution in [0.15, 0.2) is 24.3 Å². The van der Waals surface area contributed by atoms with Crippen molar-refractivity contribution in [3.63, 3.8) is 0 Å². The maximum atomic E-state index is 12.8. The number of benzene rings is 1. The third-order valence-electron chi connectivity index (χ3n) is 3.13. The van der Waals surface area contributed by atoms with E-state index < -0.39 is 17.6 Å². The van der Waals surface area contributed by atoms with Crippen LogP contribution in [0.1, 0.15) is 32.3 Å². The number of nitrogens with one attached hydrogen (secondary N) is 2. The SMILES string of the molecule is CC(CC(=O)Nc1ccccc1C(F)(F)F)N[C@H](C)CCO. The Morgan fingerprint density at radius 1 is 1.23 bits per heavy atom. The van der Waals surface area contributed by atoms with Crippen molar-refractivity contribution in [1.82, 2.24) is 5.32 Å². The highest BCUT2D eigenvalue weighted by Crippen LogP contribution is 2.34. The Kier molecular flexibility index (Phi) is 6.83. The first kappa shape index (κ1) is 18.4. The predicted octanol–water partition coefficient (Wildman–Crippen LogP) is 2.78. The second-order valence-corrected chi connectivity index (χ2v) is 5.28. The van der Waals surface area contributed by atoms with Crippen LogP contribution in [-0.4, -0.2) is 29.7 Å². The van der Waals surface area contributed by atoms with E-state index in [4.69, 9.17) is 5.11 Å². The van der Waals surface area contributed by atoms with Gasteiger partial charge in [-0.15, -0.1) is 0 Å². The molecule has 0 aromatic heterocycles. The number of carbonyl (C=O) groups is 1. The molecule has 22 heavy (non-hydrogen) atoms. The Balaban J connectivity index is 2.63. The molecule has 7 heteroatoms. The predicted molar refractivity (Wildman–Crippen MR) is 78.5 cm³/mol. The van der Waals surface area contributed by atoms with Gasteiger partial charge in [-0.2, -0.15) is 13.2 Å². The molecular formula is C15H21F3N2O2. The third-order valence-corrected chi connectivity index (χ3v) is 3.13. The quantitative estimate of drug-likeness (QED) is 0.724. The first-order valence-corrected chi connectivity index (χ1v) is 7.07. The van der Waals surface area contributed by atoms with Crippen molar-refractivity contribution in [1.29, 1.82) is 0 Å². The molecule has 1 rings (SSSR count). The zero-order chi connectivity index (χ0) is 16.8. The monoisotopic (exact) mass is 318 g/mol. The van der Waals surface area contributed by atoms with Crippen LogP contribution in [0, 0.1) is 0 Å². The summed E-state index contributed by atoms with van der Waals surface area (Å²) in [5.41, 5.74) is -1.10. The zero-order valence-electron chi connectivity index (χ0n) is 12.6. The topological polar surface area (TPSA) is 61.4 Å². The number of halogens is 3. The minimum absolute atomic E-state index is 0.0234. The van der Waals surface area contributed by atoms with Crippen molar-refractivity contribution in [2.45, 2.75) is 44.9 Å². The minimum atomic E-state index is -4.51. The summed E-state index contributed by atoms with van der Waals surface area (Å²) in [7, 11) is 0. The molecule has 0 fully saturated rings. The molecule has 0 aliphatic carbocycles. The highest BCUT2D eigenvalue weighted by Gasteiger charge is 2.33. The number of alkyl halides is 3. The molecule has 1 aromatic rings. The van der Waals surface area contributed by atoms with E-state index in [2.05, 4.69) is 10.6 Å². The molecule has 0 radical (unpaired) electrons. The lowest BCUT2D eigenvalue weighted by Gasteiger charge is -2.19. The van der Waals surface area contributed by atoms with Gasteiger partial charge in [-0.25, -0.2) is 0 Å². The van der Waals surface area contributed by atoms with Gasteiger partial charge in [-0.05, 0) is 32.4 Å². The van der Waals surface area contributed by atoms with Gasteiger partial charge in [0.1, 0.15) is 0 Å². The van der Waals surface area contributed by atoms with Gasteiger partial charge in [0.25, 0.3) is 0 Å². The maximum Gasteiger partial charge on any atom is 0.418 e. The Morgan fingerprint density at radius 2 is 1.86 bits per heavy atom. The molecule has 0 aliphatic rings. The molecule has 3 N–H and O–H groups in total. The summed E-state index contributed by atoms with van der Waals surface area (Å²) in [6.07, 6.45) is -3.92. The summed E-state index contributed by atoms with van der Waals surface area (Å²) in [6, 6.07) is 4.69. The number of hydrogen-bond donors (Lipinski definition) is 3. The Bertz CT molecular complexity index is 492. The van der Waals surface area contributed by atoms with Gasteiger partial charge >= 0.3 is 6.18 Å². The van der Waals surface area contributed by atoms with Crippen molar-refractivity contribution in [2.75, 3.05) is 11.9 Å². The fourth-order valence-electron chi connectivity index (χ4n) is 2.14. The molecule has 0 saturated carbocycles. The number of aliphatic hydroxyl groups excluding tert-OH is 1. The van der Waals surface area contributed by atoms with Gasteiger partial charge in [-0.1, -0.05) is 12.1 Å². The smallest absolute Gasteiger partial charge is 0.396 e. The van der Waals surface area contributed by atoms with Crippen LogP contribution >= 0.6 is 0 Å². The number of para-hydroxylation sites is 1. The van der Waals surface area contributed by atoms with E-state index >= 15 is 0 Å². The normalized spacial score (nSPS) is 14.5. The van der Waals surface area contributed by atoms with E-state index in [-0.39, 0.29) is 30.8 Å². The second kappa shape index (κ2) is 8.14. The lowest BCUT2D eigenvalue weighted by atomic mass is 10.1. The van der Waals surface area contributed by atoms with E-state index in [1.54, 1.807) is 6.92 Å². The second-order valence-electron chi connectivity index (χ2n) is 5.28. The third kappa shape index (κ3) is 6.03. The number of hydrogen-bond acceptors (Lipinski definition) is 3. The summed E-state index contributed by atoms with van der Waals surface area (Å²) < 4.78 is 38.5. The number of carbonyl (C=O) groups excluding carboxylic acids is 1. The van der Waals surface area contributed by atoms with Crippen molar-refractivity contribution in [3.05, 3.63) is 29.8 Å². The molecule has 124 valence electrons. The van der Waals surface area contributed by atoms with Crippen LogP contribution < -0.4 is 10.6 Å². The molecule has 0 spiro atoms. The molecule has 1 aromatic carbocycles. The number of rotatable bonds is 7. The van der Waals surface area contributed by atoms with E-state index in [1.807, 2.05) is 6.92 Å². The molecular weight excluding hydrogens is 297 g/mol. The molecule has 0 bridgehead atoms. The summed E-state index contributed by atoms with van der Waals surface area (Å²) in [6.45, 7) is 3.67. The molecule has 4 nitrogen and oxygen atoms in total. The van der Waals surface area contributed by atoms with Crippen LogP contribution in [-0.2, 0) is 11.0 Å². The average Bonchev–Trinajstić information content (AvgIpc) is 2.37. The van der Waals surface area contributed by atoms with Crippen molar-refractivity contribution >= 4 is 11.6 Å². The first-order chi connectivity index (χ1) is 10.2. The minimum Gasteiger partial charge on any atom is -0.396 e. The summed E-state index contributed by atoms with van der Waals surface area (Å²) in [5, 5.41) is 14.2. The van der Waals surface area contributed by atoms with Crippen LogP contribution in [0.2, 0.25) is 0 Å². The van der Waals surface area contributed by atoms with Crippen LogP contribution in [0.3, 0.4) is 0 Å². The van der Waals surface area contributed by atoms with Gasteiger partial charge < -0.3 is 15.7 Å². The molecule has 0 aliphatic heterocycles. The highest BCUT2D eigenvalue weighted by molar-refractivity contribution is 5.92. The average molecular weight is 318 g/mol. The summed E-state index contributed by atoms with van der Waals surface area (Å²) >= 11 is 0. The number of amides is 1. The van der Waals surface area contributed by atoms with Gasteiger partial charge in [0.05, 0.1) is 11.3 Å². The maximum absolute atomic E-state index is 12.8. The van der Waals surface area contributed by atoms with E-state index in [0.29, 0.717) is 6.42 Å². The van der Waals surface area contributed by atoms with Gasteiger partial charge in [0.2, 0.25) is 5.91 Å². The van der Waals surface area contributed by atoms with Crippen molar-refractivity contribution < 1.29 is 23.1 Å². The Labute approximate surface area is 127 Å². The first-order valence-electron chi connectivity index (χ1n) is 7.07. The largest absolute Gasteiger partial charge is 0.418 e. The van der Waals surface area contributed by atoms with E-state index in [0.717, 1.165) is 6.07 Å². The van der Waals surface area contributed by atoms with Crippen molar-refractivity contribution in [3.8, 4) is 0 Å². The Hall–Kier alpha value is -1.60. The number of aliphatic hydroxyl groups is 1. The van der Waals surface area contributed by atoms with E-state index in [1.165, 1.54) is 18.2 Å². The summed E-state index contributed by atoms with van der Waals surface area (Å²) in [4.78, 5) is 11.9. The molecule has 0 heterocycles. The van der Waals surface area contributed by atoms with Gasteiger partial charge in [0, 0.05) is 25.1 Å². The summed E-state index contributed by atoms with van der Waals surface area (Å²) in [5.74, 6) is -0.493. The zero-order valence-corrected chi connectivity index (χ0v) is 12.6. The van der Waals surface area contributed by atoms with Gasteiger partial charge in [-0.3, -0.25) is 4.79 Å². The molecule has 0 saturated heterocycles. The lowest BCUT2D eigenvalue weighted by molar-refractivity contribution is -0.137. The fourth-order valence-corrected chi connectivity index (χ4v) is 2.14. The molecule has 2 atom stereocenters. The standard InChI is InChI=1S/C15H21F3N2O2/c1-10(7-8-21)19-11(2)9-14(22)20-13-6-4-3-5-12(13)15(16,17)18/h3-6,10-11,19,21H,7-9H2,1-2H3,(H,20,22)/t10-,11?/m1/s1. The van der Waals surface area contributed by atoms with Crippen molar-refractivity contribution in [2.24, 2.45) is 0 Å². The molecule has 1 amide bonds. The van der Waals surface area contributed by atoms with Crippen LogP contribution in [0.5, 0.6) is 0 Å². The van der Waals surface area contributed by atoms with Gasteiger partial charge in [0.15, 0.2) is 0 Å². The number of anilines is 1. The van der Waals surface area contributed by atoms with E-state index in [9.17, 15) is 18.0 Å². The molecule has 1 unspecified atom stereocenters. The Morgan fingerprint density at radius 3 is 2.45 bits per heavy atom. The highest BCUT2D eigenvalue weighted by atomic mass is 19.4. The van der Waals surface area contributed by atoms with Crippen LogP contribution in [0.4, 0.5) is 18.9 Å². The fraction of sp³-hybridized carbons (Fsp3) is 0.533. The van der Waals surface area contributed by atoms with Crippen LogP contribution in [0.25, 0.3) is 0 Å². The lowest BCUT2D eigenvalue weighted by Crippen LogP contribution is -2.37.